The van der Waals surface area contributed by atoms with E-state index in [2.05, 4.69) is 0 Å². The van der Waals surface area contributed by atoms with Crippen LogP contribution in [0, 0.1) is 11.6 Å². The van der Waals surface area contributed by atoms with E-state index >= 15 is 0 Å². The Bertz CT molecular complexity index is 547. The molecule has 2 nitrogen and oxygen atoms in total. The first-order valence-corrected chi connectivity index (χ1v) is 5.82. The number of para-hydroxylation sites is 1. The number of carbonyl (C=O) groups is 1. The van der Waals surface area contributed by atoms with Crippen LogP contribution in [0.1, 0.15) is 16.8 Å². The van der Waals surface area contributed by atoms with Gasteiger partial charge in [0.05, 0.1) is 6.61 Å². The van der Waals surface area contributed by atoms with E-state index in [-0.39, 0.29) is 24.4 Å². The Kier molecular flexibility index (Phi) is 4.23. The van der Waals surface area contributed by atoms with Gasteiger partial charge in [-0.05, 0) is 24.3 Å². The lowest BCUT2D eigenvalue weighted by molar-refractivity contribution is 0.0961. The zero-order valence-electron chi connectivity index (χ0n) is 10.1. The molecule has 0 radical (unpaired) electrons. The molecular formula is C15H12F2O2. The molecule has 0 saturated heterocycles. The van der Waals surface area contributed by atoms with E-state index in [9.17, 15) is 13.6 Å². The number of Topliss-reactive ketones (excluding diaryl/α,β-unsaturated/α-hetero) is 1. The minimum atomic E-state index is -0.757. The summed E-state index contributed by atoms with van der Waals surface area (Å²) < 4.78 is 31.3. The van der Waals surface area contributed by atoms with Gasteiger partial charge in [-0.3, -0.25) is 4.79 Å². The van der Waals surface area contributed by atoms with E-state index < -0.39 is 11.6 Å². The van der Waals surface area contributed by atoms with Crippen LogP contribution < -0.4 is 4.74 Å². The topological polar surface area (TPSA) is 26.3 Å². The van der Waals surface area contributed by atoms with E-state index in [1.54, 1.807) is 12.1 Å². The summed E-state index contributed by atoms with van der Waals surface area (Å²) >= 11 is 0. The van der Waals surface area contributed by atoms with Crippen molar-refractivity contribution in [3.8, 4) is 5.75 Å². The highest BCUT2D eigenvalue weighted by Gasteiger charge is 2.09. The lowest BCUT2D eigenvalue weighted by atomic mass is 10.1. The molecular weight excluding hydrogens is 250 g/mol. The van der Waals surface area contributed by atoms with Crippen LogP contribution in [0.5, 0.6) is 5.75 Å². The summed E-state index contributed by atoms with van der Waals surface area (Å²) in [7, 11) is 0. The van der Waals surface area contributed by atoms with Crippen molar-refractivity contribution in [2.45, 2.75) is 6.42 Å². The lowest BCUT2D eigenvalue weighted by Gasteiger charge is -2.05. The van der Waals surface area contributed by atoms with Gasteiger partial charge < -0.3 is 4.74 Å². The second-order valence-electron chi connectivity index (χ2n) is 3.99. The summed E-state index contributed by atoms with van der Waals surface area (Å²) in [5.74, 6) is -1.21. The van der Waals surface area contributed by atoms with E-state index in [1.165, 1.54) is 0 Å². The number of benzene rings is 2. The van der Waals surface area contributed by atoms with Gasteiger partial charge in [0.15, 0.2) is 5.78 Å². The summed E-state index contributed by atoms with van der Waals surface area (Å²) in [4.78, 5) is 11.7. The minimum Gasteiger partial charge on any atom is -0.493 e. The van der Waals surface area contributed by atoms with Crippen molar-refractivity contribution in [1.29, 1.82) is 0 Å². The number of hydrogen-bond donors (Lipinski definition) is 0. The molecule has 0 saturated carbocycles. The van der Waals surface area contributed by atoms with Gasteiger partial charge in [-0.2, -0.15) is 0 Å². The van der Waals surface area contributed by atoms with E-state index in [0.29, 0.717) is 5.75 Å². The third-order valence-electron chi connectivity index (χ3n) is 2.53. The SMILES string of the molecule is O=C(CCOc1ccccc1)c1cc(F)cc(F)c1. The van der Waals surface area contributed by atoms with Crippen LogP contribution in [0.4, 0.5) is 8.78 Å². The monoisotopic (exact) mass is 262 g/mol. The number of ketones is 1. The third-order valence-corrected chi connectivity index (χ3v) is 2.53. The van der Waals surface area contributed by atoms with E-state index in [1.807, 2.05) is 18.2 Å². The number of carbonyl (C=O) groups excluding carboxylic acids is 1. The highest BCUT2D eigenvalue weighted by atomic mass is 19.1. The second kappa shape index (κ2) is 6.09. The van der Waals surface area contributed by atoms with Gasteiger partial charge in [0.2, 0.25) is 0 Å². The molecule has 2 aromatic carbocycles. The van der Waals surface area contributed by atoms with Crippen LogP contribution in [-0.4, -0.2) is 12.4 Å². The number of rotatable bonds is 5. The summed E-state index contributed by atoms with van der Waals surface area (Å²) in [6.07, 6.45) is 0.0672. The Morgan fingerprint density at radius 3 is 2.26 bits per heavy atom. The molecule has 19 heavy (non-hydrogen) atoms. The van der Waals surface area contributed by atoms with E-state index in [0.717, 1.165) is 18.2 Å². The Balaban J connectivity index is 1.91. The van der Waals surface area contributed by atoms with Crippen molar-refractivity contribution < 1.29 is 18.3 Å². The average Bonchev–Trinajstić information content (AvgIpc) is 2.38. The molecule has 0 aliphatic carbocycles. The standard InChI is InChI=1S/C15H12F2O2/c16-12-8-11(9-13(17)10-12)15(18)6-7-19-14-4-2-1-3-5-14/h1-5,8-10H,6-7H2. The van der Waals surface area contributed by atoms with Crippen LogP contribution in [-0.2, 0) is 0 Å². The fraction of sp³-hybridized carbons (Fsp3) is 0.133. The smallest absolute Gasteiger partial charge is 0.166 e. The summed E-state index contributed by atoms with van der Waals surface area (Å²) in [5, 5.41) is 0. The quantitative estimate of drug-likeness (QED) is 0.769. The molecule has 0 aliphatic rings. The maximum Gasteiger partial charge on any atom is 0.166 e. The Morgan fingerprint density at radius 2 is 1.63 bits per heavy atom. The van der Waals surface area contributed by atoms with Gasteiger partial charge in [0.1, 0.15) is 17.4 Å². The molecule has 2 rings (SSSR count). The van der Waals surface area contributed by atoms with Crippen molar-refractivity contribution >= 4 is 5.78 Å². The molecule has 0 N–H and O–H groups in total. The van der Waals surface area contributed by atoms with Gasteiger partial charge >= 0.3 is 0 Å². The van der Waals surface area contributed by atoms with Gasteiger partial charge in [0.25, 0.3) is 0 Å². The predicted octanol–water partition coefficient (Wildman–Crippen LogP) is 3.62. The van der Waals surface area contributed by atoms with Gasteiger partial charge in [-0.15, -0.1) is 0 Å². The molecule has 0 spiro atoms. The fourth-order valence-electron chi connectivity index (χ4n) is 1.64. The molecule has 98 valence electrons. The first-order chi connectivity index (χ1) is 9.15. The largest absolute Gasteiger partial charge is 0.493 e. The van der Waals surface area contributed by atoms with Gasteiger partial charge in [-0.25, -0.2) is 8.78 Å². The summed E-state index contributed by atoms with van der Waals surface area (Å²) in [6, 6.07) is 11.8. The molecule has 0 fully saturated rings. The second-order valence-corrected chi connectivity index (χ2v) is 3.99. The molecule has 0 heterocycles. The van der Waals surface area contributed by atoms with Crippen LogP contribution in [0.15, 0.2) is 48.5 Å². The minimum absolute atomic E-state index is 0.0224. The zero-order chi connectivity index (χ0) is 13.7. The molecule has 0 atom stereocenters. The van der Waals surface area contributed by atoms with Gasteiger partial charge in [0, 0.05) is 18.1 Å². The maximum atomic E-state index is 13.0. The van der Waals surface area contributed by atoms with Crippen LogP contribution in [0.2, 0.25) is 0 Å². The predicted molar refractivity (Wildman–Crippen MR) is 67.2 cm³/mol. The first-order valence-electron chi connectivity index (χ1n) is 5.82. The van der Waals surface area contributed by atoms with Crippen LogP contribution in [0.3, 0.4) is 0 Å². The lowest BCUT2D eigenvalue weighted by Crippen LogP contribution is -2.07. The van der Waals surface area contributed by atoms with Crippen molar-refractivity contribution in [2.24, 2.45) is 0 Å². The van der Waals surface area contributed by atoms with Crippen LogP contribution in [0.25, 0.3) is 0 Å². The molecule has 2 aromatic rings. The number of ether oxygens (including phenoxy) is 1. The van der Waals surface area contributed by atoms with Crippen molar-refractivity contribution in [2.75, 3.05) is 6.61 Å². The van der Waals surface area contributed by atoms with E-state index in [4.69, 9.17) is 4.74 Å². The summed E-state index contributed by atoms with van der Waals surface area (Å²) in [6.45, 7) is 0.168. The highest BCUT2D eigenvalue weighted by molar-refractivity contribution is 5.96. The molecule has 0 aliphatic heterocycles. The Hall–Kier alpha value is -2.23. The molecule has 0 aromatic heterocycles. The fourth-order valence-corrected chi connectivity index (χ4v) is 1.64. The molecule has 0 unspecified atom stereocenters. The first kappa shape index (κ1) is 13.2. The Labute approximate surface area is 109 Å². The number of halogens is 2. The zero-order valence-corrected chi connectivity index (χ0v) is 10.1. The maximum absolute atomic E-state index is 13.0. The van der Waals surface area contributed by atoms with Crippen molar-refractivity contribution in [3.63, 3.8) is 0 Å². The number of hydrogen-bond acceptors (Lipinski definition) is 2. The highest BCUT2D eigenvalue weighted by Crippen LogP contribution is 2.12. The van der Waals surface area contributed by atoms with Crippen LogP contribution >= 0.6 is 0 Å². The third kappa shape index (κ3) is 3.88. The summed E-state index contributed by atoms with van der Waals surface area (Å²) in [5.41, 5.74) is 0.0224. The molecule has 0 bridgehead atoms. The average molecular weight is 262 g/mol. The normalized spacial score (nSPS) is 10.2. The van der Waals surface area contributed by atoms with Crippen molar-refractivity contribution in [3.05, 3.63) is 65.7 Å². The Morgan fingerprint density at radius 1 is 1.00 bits per heavy atom. The molecule has 0 amide bonds. The molecule has 4 heteroatoms. The van der Waals surface area contributed by atoms with Gasteiger partial charge in [-0.1, -0.05) is 18.2 Å². The van der Waals surface area contributed by atoms with Crippen molar-refractivity contribution in [1.82, 2.24) is 0 Å².